The van der Waals surface area contributed by atoms with Crippen molar-refractivity contribution >= 4 is 5.97 Å². The van der Waals surface area contributed by atoms with Crippen LogP contribution in [0.3, 0.4) is 0 Å². The molecule has 0 saturated heterocycles. The lowest BCUT2D eigenvalue weighted by molar-refractivity contribution is -0.141. The number of nitrogens with zero attached hydrogens (tertiary/aromatic N) is 1. The van der Waals surface area contributed by atoms with E-state index in [2.05, 4.69) is 0 Å². The summed E-state index contributed by atoms with van der Waals surface area (Å²) >= 11 is 0. The number of ether oxygens (including phenoxy) is 1. The van der Waals surface area contributed by atoms with E-state index in [1.807, 2.05) is 0 Å². The van der Waals surface area contributed by atoms with Gasteiger partial charge in [-0.2, -0.15) is 13.2 Å². The number of carbonyl (C=O) groups is 1. The highest BCUT2D eigenvalue weighted by atomic mass is 19.4. The molecule has 152 valence electrons. The quantitative estimate of drug-likeness (QED) is 0.576. The largest absolute Gasteiger partial charge is 0.493 e. The van der Waals surface area contributed by atoms with E-state index < -0.39 is 23.8 Å². The Morgan fingerprint density at radius 1 is 1.00 bits per heavy atom. The minimum atomic E-state index is -4.39. The maximum atomic E-state index is 13.0. The minimum Gasteiger partial charge on any atom is -0.493 e. The average Bonchev–Trinajstić information content (AvgIpc) is 3.21. The molecule has 0 spiro atoms. The summed E-state index contributed by atoms with van der Waals surface area (Å²) in [5.74, 6) is -0.407. The number of hydrogen-bond donors (Lipinski definition) is 1. The van der Waals surface area contributed by atoms with E-state index in [0.29, 0.717) is 12.2 Å². The van der Waals surface area contributed by atoms with E-state index in [1.54, 1.807) is 59.4 Å². The zero-order valence-electron chi connectivity index (χ0n) is 15.5. The molecule has 1 atom stereocenters. The average molecular weight is 403 g/mol. The Bertz CT molecular complexity index is 935. The van der Waals surface area contributed by atoms with Crippen molar-refractivity contribution in [3.63, 3.8) is 0 Å². The highest BCUT2D eigenvalue weighted by Crippen LogP contribution is 2.32. The third-order valence-electron chi connectivity index (χ3n) is 4.59. The fourth-order valence-electron chi connectivity index (χ4n) is 3.11. The Hall–Kier alpha value is -3.22. The molecule has 3 rings (SSSR count). The van der Waals surface area contributed by atoms with Crippen molar-refractivity contribution in [2.24, 2.45) is 0 Å². The zero-order valence-corrected chi connectivity index (χ0v) is 15.5. The van der Waals surface area contributed by atoms with Gasteiger partial charge in [0.1, 0.15) is 11.8 Å². The molecule has 0 amide bonds. The highest BCUT2D eigenvalue weighted by molar-refractivity contribution is 5.72. The third-order valence-corrected chi connectivity index (χ3v) is 4.59. The van der Waals surface area contributed by atoms with Gasteiger partial charge in [0.25, 0.3) is 0 Å². The van der Waals surface area contributed by atoms with E-state index in [0.717, 1.165) is 11.6 Å². The number of carboxylic acid groups (broad SMARTS) is 1. The molecular weight excluding hydrogens is 383 g/mol. The lowest BCUT2D eigenvalue weighted by Gasteiger charge is -2.15. The van der Waals surface area contributed by atoms with Crippen LogP contribution >= 0.6 is 0 Å². The van der Waals surface area contributed by atoms with Gasteiger partial charge in [0, 0.05) is 25.2 Å². The van der Waals surface area contributed by atoms with Gasteiger partial charge in [-0.15, -0.1) is 0 Å². The maximum Gasteiger partial charge on any atom is 0.416 e. The summed E-state index contributed by atoms with van der Waals surface area (Å²) in [7, 11) is 0. The number of benzene rings is 2. The van der Waals surface area contributed by atoms with Crippen molar-refractivity contribution < 1.29 is 27.8 Å². The summed E-state index contributed by atoms with van der Waals surface area (Å²) in [6.07, 6.45) is -0.543. The lowest BCUT2D eigenvalue weighted by atomic mass is 10.0. The van der Waals surface area contributed by atoms with Crippen LogP contribution in [0.25, 0.3) is 0 Å². The Balaban J connectivity index is 1.58. The number of aliphatic carboxylic acids is 1. The minimum absolute atomic E-state index is 0.105. The number of hydrogen-bond acceptors (Lipinski definition) is 2. The van der Waals surface area contributed by atoms with Gasteiger partial charge in [0.2, 0.25) is 0 Å². The Morgan fingerprint density at radius 3 is 2.28 bits per heavy atom. The van der Waals surface area contributed by atoms with Crippen molar-refractivity contribution in [3.05, 3.63) is 89.7 Å². The van der Waals surface area contributed by atoms with E-state index in [-0.39, 0.29) is 18.6 Å². The standard InChI is InChI=1S/C22H20F3NO3/c23-22(24,25)19-6-2-1-5-17(19)11-14-29-18-9-7-16(8-10-18)15-20(21(27)28)26-12-3-4-13-26/h1-10,12-13,20H,11,14-15H2,(H,27,28)/t20-/m0/s1. The summed E-state index contributed by atoms with van der Waals surface area (Å²) in [5.41, 5.74) is 0.359. The first-order chi connectivity index (χ1) is 13.8. The number of rotatable bonds is 8. The molecule has 2 aromatic carbocycles. The molecule has 0 fully saturated rings. The summed E-state index contributed by atoms with van der Waals surface area (Å²) in [6.45, 7) is 0.105. The molecule has 0 bridgehead atoms. The number of carboxylic acids is 1. The molecule has 1 N–H and O–H groups in total. The van der Waals surface area contributed by atoms with Crippen molar-refractivity contribution in [1.29, 1.82) is 0 Å². The van der Waals surface area contributed by atoms with Crippen LogP contribution in [0.4, 0.5) is 13.2 Å². The van der Waals surface area contributed by atoms with Gasteiger partial charge in [0.15, 0.2) is 0 Å². The molecule has 7 heteroatoms. The molecule has 0 aliphatic rings. The Kier molecular flexibility index (Phi) is 6.26. The van der Waals surface area contributed by atoms with Crippen LogP contribution < -0.4 is 4.74 Å². The van der Waals surface area contributed by atoms with Gasteiger partial charge < -0.3 is 14.4 Å². The van der Waals surface area contributed by atoms with E-state index in [9.17, 15) is 23.1 Å². The topological polar surface area (TPSA) is 51.5 Å². The number of halogens is 3. The maximum absolute atomic E-state index is 13.0. The molecular formula is C22H20F3NO3. The van der Waals surface area contributed by atoms with Crippen molar-refractivity contribution in [3.8, 4) is 5.75 Å². The Morgan fingerprint density at radius 2 is 1.66 bits per heavy atom. The summed E-state index contributed by atoms with van der Waals surface area (Å²) in [4.78, 5) is 11.5. The second-order valence-corrected chi connectivity index (χ2v) is 6.59. The second-order valence-electron chi connectivity index (χ2n) is 6.59. The van der Waals surface area contributed by atoms with Crippen molar-refractivity contribution in [1.82, 2.24) is 4.57 Å². The molecule has 29 heavy (non-hydrogen) atoms. The van der Waals surface area contributed by atoms with E-state index in [4.69, 9.17) is 4.74 Å². The molecule has 1 aromatic heterocycles. The number of aromatic nitrogens is 1. The molecule has 0 unspecified atom stereocenters. The molecule has 3 aromatic rings. The molecule has 0 saturated carbocycles. The van der Waals surface area contributed by atoms with Crippen LogP contribution in [0.1, 0.15) is 22.7 Å². The smallest absolute Gasteiger partial charge is 0.416 e. The van der Waals surface area contributed by atoms with Crippen molar-refractivity contribution in [2.45, 2.75) is 25.1 Å². The first-order valence-corrected chi connectivity index (χ1v) is 9.06. The molecule has 0 aliphatic heterocycles. The fourth-order valence-corrected chi connectivity index (χ4v) is 3.11. The van der Waals surface area contributed by atoms with Gasteiger partial charge in [-0.25, -0.2) is 4.79 Å². The lowest BCUT2D eigenvalue weighted by Crippen LogP contribution is -2.20. The monoisotopic (exact) mass is 403 g/mol. The summed E-state index contributed by atoms with van der Waals surface area (Å²) in [5, 5.41) is 9.44. The zero-order chi connectivity index (χ0) is 20.9. The molecule has 0 radical (unpaired) electrons. The van der Waals surface area contributed by atoms with E-state index >= 15 is 0 Å². The first-order valence-electron chi connectivity index (χ1n) is 9.06. The normalized spacial score (nSPS) is 12.5. The third kappa shape index (κ3) is 5.40. The van der Waals surface area contributed by atoms with Crippen LogP contribution in [0.15, 0.2) is 73.1 Å². The van der Waals surface area contributed by atoms with E-state index in [1.165, 1.54) is 12.1 Å². The predicted molar refractivity (Wildman–Crippen MR) is 102 cm³/mol. The van der Waals surface area contributed by atoms with Crippen LogP contribution in [0, 0.1) is 0 Å². The summed E-state index contributed by atoms with van der Waals surface area (Å²) in [6, 6.07) is 15.2. The first kappa shape index (κ1) is 20.5. The highest BCUT2D eigenvalue weighted by Gasteiger charge is 2.32. The number of alkyl halides is 3. The van der Waals surface area contributed by atoms with Gasteiger partial charge in [-0.3, -0.25) is 0 Å². The molecule has 0 aliphatic carbocycles. The van der Waals surface area contributed by atoms with Crippen LogP contribution in [-0.4, -0.2) is 22.2 Å². The van der Waals surface area contributed by atoms with Gasteiger partial charge >= 0.3 is 12.1 Å². The summed E-state index contributed by atoms with van der Waals surface area (Å²) < 4.78 is 46.3. The SMILES string of the molecule is O=C(O)[C@H](Cc1ccc(OCCc2ccccc2C(F)(F)F)cc1)n1cccc1. The second kappa shape index (κ2) is 8.86. The molecule has 1 heterocycles. The molecule has 4 nitrogen and oxygen atoms in total. The van der Waals surface area contributed by atoms with Crippen LogP contribution in [-0.2, 0) is 23.8 Å². The van der Waals surface area contributed by atoms with Crippen LogP contribution in [0.2, 0.25) is 0 Å². The Labute approximate surface area is 166 Å². The van der Waals surface area contributed by atoms with Gasteiger partial charge in [-0.05, 0) is 41.5 Å². The van der Waals surface area contributed by atoms with Gasteiger partial charge in [0.05, 0.1) is 12.2 Å². The van der Waals surface area contributed by atoms with Crippen molar-refractivity contribution in [2.75, 3.05) is 6.61 Å². The fraction of sp³-hybridized carbons (Fsp3) is 0.227. The predicted octanol–water partition coefficient (Wildman–Crippen LogP) is 5.00. The van der Waals surface area contributed by atoms with Crippen LogP contribution in [0.5, 0.6) is 5.75 Å². The van der Waals surface area contributed by atoms with Gasteiger partial charge in [-0.1, -0.05) is 30.3 Å².